The molecule has 0 fully saturated rings. The molecular formula is C12H22N2O5. The number of primary amides is 1. The van der Waals surface area contributed by atoms with Crippen LogP contribution in [0.1, 0.15) is 33.1 Å². The Hall–Kier alpha value is -1.63. The van der Waals surface area contributed by atoms with E-state index in [1.165, 1.54) is 7.11 Å². The zero-order valence-corrected chi connectivity index (χ0v) is 11.5. The molecule has 4 N–H and O–H groups in total. The third-order valence-corrected chi connectivity index (χ3v) is 2.52. The zero-order valence-electron chi connectivity index (χ0n) is 11.5. The summed E-state index contributed by atoms with van der Waals surface area (Å²) in [6.07, 6.45) is -0.902. The van der Waals surface area contributed by atoms with Gasteiger partial charge in [-0.1, -0.05) is 13.8 Å². The summed E-state index contributed by atoms with van der Waals surface area (Å²) in [5.41, 5.74) is 5.13. The summed E-state index contributed by atoms with van der Waals surface area (Å²) in [6.45, 7) is 3.72. The molecule has 0 aromatic rings. The predicted molar refractivity (Wildman–Crippen MR) is 67.8 cm³/mol. The second-order valence-corrected chi connectivity index (χ2v) is 4.72. The van der Waals surface area contributed by atoms with Crippen molar-refractivity contribution in [3.8, 4) is 0 Å². The first-order chi connectivity index (χ1) is 8.77. The number of carbonyl (C=O) groups excluding carboxylic acids is 3. The highest BCUT2D eigenvalue weighted by molar-refractivity contribution is 5.88. The summed E-state index contributed by atoms with van der Waals surface area (Å²) in [7, 11) is 1.23. The van der Waals surface area contributed by atoms with Crippen LogP contribution in [-0.2, 0) is 19.1 Å². The predicted octanol–water partition coefficient (Wildman–Crippen LogP) is -0.683. The van der Waals surface area contributed by atoms with E-state index < -0.39 is 29.9 Å². The van der Waals surface area contributed by atoms with Crippen molar-refractivity contribution in [3.63, 3.8) is 0 Å². The summed E-state index contributed by atoms with van der Waals surface area (Å²) in [6, 6.07) is -0.992. The van der Waals surface area contributed by atoms with E-state index in [0.29, 0.717) is 0 Å². The molecule has 0 aliphatic carbocycles. The SMILES string of the molecule is COC(=O)CC[C@H](NC(=O)[C@@H](O)CC(C)C)C(N)=O. The molecule has 0 bridgehead atoms. The molecule has 0 heterocycles. The third kappa shape index (κ3) is 7.40. The number of nitrogens with one attached hydrogen (secondary N) is 1. The minimum absolute atomic E-state index is 0.0370. The molecule has 0 unspecified atom stereocenters. The molecule has 7 heteroatoms. The molecule has 0 radical (unpaired) electrons. The molecule has 0 saturated carbocycles. The van der Waals surface area contributed by atoms with E-state index in [4.69, 9.17) is 5.73 Å². The van der Waals surface area contributed by atoms with Crippen molar-refractivity contribution in [2.75, 3.05) is 7.11 Å². The first-order valence-electron chi connectivity index (χ1n) is 6.12. The number of ether oxygens (including phenoxy) is 1. The Kier molecular flexibility index (Phi) is 7.74. The smallest absolute Gasteiger partial charge is 0.305 e. The lowest BCUT2D eigenvalue weighted by Gasteiger charge is -2.18. The van der Waals surface area contributed by atoms with Crippen molar-refractivity contribution >= 4 is 17.8 Å². The minimum atomic E-state index is -1.19. The van der Waals surface area contributed by atoms with E-state index in [2.05, 4.69) is 10.1 Å². The number of methoxy groups -OCH3 is 1. The van der Waals surface area contributed by atoms with Gasteiger partial charge in [-0.15, -0.1) is 0 Å². The standard InChI is InChI=1S/C12H22N2O5/c1-7(2)6-9(15)12(18)14-8(11(13)17)4-5-10(16)19-3/h7-9,15H,4-6H2,1-3H3,(H2,13,17)(H,14,18)/t8-,9-/m0/s1. The number of hydrogen-bond acceptors (Lipinski definition) is 5. The highest BCUT2D eigenvalue weighted by Crippen LogP contribution is 2.06. The van der Waals surface area contributed by atoms with Crippen LogP contribution in [0, 0.1) is 5.92 Å². The second-order valence-electron chi connectivity index (χ2n) is 4.72. The van der Waals surface area contributed by atoms with Gasteiger partial charge in [0, 0.05) is 6.42 Å². The summed E-state index contributed by atoms with van der Waals surface area (Å²) in [5, 5.41) is 11.9. The van der Waals surface area contributed by atoms with E-state index in [9.17, 15) is 19.5 Å². The van der Waals surface area contributed by atoms with Crippen LogP contribution in [0.3, 0.4) is 0 Å². The van der Waals surface area contributed by atoms with Crippen molar-refractivity contribution in [3.05, 3.63) is 0 Å². The van der Waals surface area contributed by atoms with Gasteiger partial charge in [0.15, 0.2) is 0 Å². The molecule has 19 heavy (non-hydrogen) atoms. The lowest BCUT2D eigenvalue weighted by molar-refractivity contribution is -0.141. The van der Waals surface area contributed by atoms with Crippen LogP contribution in [0.5, 0.6) is 0 Å². The van der Waals surface area contributed by atoms with Gasteiger partial charge in [-0.3, -0.25) is 14.4 Å². The van der Waals surface area contributed by atoms with Crippen LogP contribution >= 0.6 is 0 Å². The number of aliphatic hydroxyl groups excluding tert-OH is 1. The van der Waals surface area contributed by atoms with Crippen molar-refractivity contribution in [1.82, 2.24) is 5.32 Å². The largest absolute Gasteiger partial charge is 0.469 e. The van der Waals surface area contributed by atoms with Crippen LogP contribution in [0.25, 0.3) is 0 Å². The van der Waals surface area contributed by atoms with Crippen molar-refractivity contribution in [2.45, 2.75) is 45.3 Å². The second kappa shape index (κ2) is 8.47. The number of amides is 2. The van der Waals surface area contributed by atoms with Crippen LogP contribution in [0.4, 0.5) is 0 Å². The van der Waals surface area contributed by atoms with E-state index >= 15 is 0 Å². The van der Waals surface area contributed by atoms with Crippen LogP contribution in [0.2, 0.25) is 0 Å². The summed E-state index contributed by atoms with van der Waals surface area (Å²) < 4.78 is 4.43. The van der Waals surface area contributed by atoms with E-state index in [1.807, 2.05) is 13.8 Å². The molecule has 0 saturated heterocycles. The normalized spacial score (nSPS) is 13.7. The molecular weight excluding hydrogens is 252 g/mol. The van der Waals surface area contributed by atoms with Gasteiger partial charge in [-0.2, -0.15) is 0 Å². The van der Waals surface area contributed by atoms with Crippen LogP contribution < -0.4 is 11.1 Å². The average Bonchev–Trinajstić information content (AvgIpc) is 2.32. The number of aliphatic hydroxyl groups is 1. The maximum atomic E-state index is 11.6. The van der Waals surface area contributed by atoms with Gasteiger partial charge in [-0.25, -0.2) is 0 Å². The molecule has 2 amide bonds. The van der Waals surface area contributed by atoms with Gasteiger partial charge in [0.25, 0.3) is 0 Å². The molecule has 0 aromatic carbocycles. The molecule has 0 aromatic heterocycles. The quantitative estimate of drug-likeness (QED) is 0.506. The summed E-state index contributed by atoms with van der Waals surface area (Å²) >= 11 is 0. The molecule has 0 aliphatic heterocycles. The Bertz CT molecular complexity index is 330. The Balaban J connectivity index is 4.37. The lowest BCUT2D eigenvalue weighted by Crippen LogP contribution is -2.48. The van der Waals surface area contributed by atoms with Crippen molar-refractivity contribution in [1.29, 1.82) is 0 Å². The lowest BCUT2D eigenvalue weighted by atomic mass is 10.0. The molecule has 2 atom stereocenters. The van der Waals surface area contributed by atoms with Crippen LogP contribution in [-0.4, -0.2) is 42.1 Å². The third-order valence-electron chi connectivity index (χ3n) is 2.52. The minimum Gasteiger partial charge on any atom is -0.469 e. The first-order valence-corrected chi connectivity index (χ1v) is 6.12. The fourth-order valence-corrected chi connectivity index (χ4v) is 1.47. The van der Waals surface area contributed by atoms with Gasteiger partial charge >= 0.3 is 5.97 Å². The Labute approximate surface area is 112 Å². The number of hydrogen-bond donors (Lipinski definition) is 3. The van der Waals surface area contributed by atoms with Crippen molar-refractivity contribution in [2.24, 2.45) is 11.7 Å². The molecule has 0 spiro atoms. The van der Waals surface area contributed by atoms with E-state index in [1.54, 1.807) is 0 Å². The fraction of sp³-hybridized carbons (Fsp3) is 0.750. The highest BCUT2D eigenvalue weighted by atomic mass is 16.5. The number of esters is 1. The number of carbonyl (C=O) groups is 3. The zero-order chi connectivity index (χ0) is 15.0. The summed E-state index contributed by atoms with van der Waals surface area (Å²) in [4.78, 5) is 33.7. The maximum Gasteiger partial charge on any atom is 0.305 e. The Morgan fingerprint density at radius 3 is 2.32 bits per heavy atom. The monoisotopic (exact) mass is 274 g/mol. The molecule has 7 nitrogen and oxygen atoms in total. The Morgan fingerprint density at radius 1 is 1.32 bits per heavy atom. The van der Waals surface area contributed by atoms with E-state index in [-0.39, 0.29) is 25.2 Å². The number of nitrogens with two attached hydrogens (primary N) is 1. The van der Waals surface area contributed by atoms with Gasteiger partial charge in [-0.05, 0) is 18.8 Å². The topological polar surface area (TPSA) is 119 Å². The maximum absolute atomic E-state index is 11.6. The highest BCUT2D eigenvalue weighted by Gasteiger charge is 2.23. The Morgan fingerprint density at radius 2 is 1.89 bits per heavy atom. The van der Waals surface area contributed by atoms with Gasteiger partial charge in [0.2, 0.25) is 11.8 Å². The molecule has 0 aliphatic rings. The fourth-order valence-electron chi connectivity index (χ4n) is 1.47. The van der Waals surface area contributed by atoms with Crippen molar-refractivity contribution < 1.29 is 24.2 Å². The molecule has 110 valence electrons. The van der Waals surface area contributed by atoms with Gasteiger partial charge in [0.05, 0.1) is 7.11 Å². The summed E-state index contributed by atoms with van der Waals surface area (Å²) in [5.74, 6) is -1.78. The van der Waals surface area contributed by atoms with Gasteiger partial charge < -0.3 is 20.9 Å². The first kappa shape index (κ1) is 17.4. The van der Waals surface area contributed by atoms with Gasteiger partial charge in [0.1, 0.15) is 12.1 Å². The van der Waals surface area contributed by atoms with Crippen LogP contribution in [0.15, 0.2) is 0 Å². The van der Waals surface area contributed by atoms with E-state index in [0.717, 1.165) is 0 Å². The molecule has 0 rings (SSSR count). The average molecular weight is 274 g/mol. The number of rotatable bonds is 8.